The second kappa shape index (κ2) is 8.08. The molecule has 14 heavy (non-hydrogen) atoms. The minimum absolute atomic E-state index is 0.188. The van der Waals surface area contributed by atoms with E-state index in [4.69, 9.17) is 15.3 Å². The number of aliphatic carboxylic acids is 1. The van der Waals surface area contributed by atoms with Crippen LogP contribution in [0.5, 0.6) is 0 Å². The zero-order valence-corrected chi connectivity index (χ0v) is 9.79. The van der Waals surface area contributed by atoms with Gasteiger partial charge < -0.3 is 15.3 Å². The summed E-state index contributed by atoms with van der Waals surface area (Å²) in [5.74, 6) is -0.711. The maximum Gasteiger partial charge on any atom is 0.303 e. The van der Waals surface area contributed by atoms with E-state index in [9.17, 15) is 4.79 Å². The molecule has 0 aliphatic carbocycles. The molecule has 0 saturated heterocycles. The molecule has 0 rings (SSSR count). The van der Waals surface area contributed by atoms with Gasteiger partial charge in [-0.3, -0.25) is 4.79 Å². The summed E-state index contributed by atoms with van der Waals surface area (Å²) >= 11 is 3.95. The van der Waals surface area contributed by atoms with Crippen LogP contribution in [-0.2, 0) is 4.79 Å². The number of hydrogen-bond acceptors (Lipinski definition) is 4. The third-order valence-electron chi connectivity index (χ3n) is 1.68. The minimum atomic E-state index is -1.04. The Hall–Kier alpha value is -0.260. The number of hydrogen-bond donors (Lipinski definition) is 4. The summed E-state index contributed by atoms with van der Waals surface area (Å²) in [5.41, 5.74) is -1.04. The Morgan fingerprint density at radius 1 is 1.57 bits per heavy atom. The van der Waals surface area contributed by atoms with E-state index in [1.165, 1.54) is 0 Å². The van der Waals surface area contributed by atoms with Crippen LogP contribution in [0, 0.1) is 0 Å². The van der Waals surface area contributed by atoms with Crippen LogP contribution in [0.2, 0.25) is 0 Å². The van der Waals surface area contributed by atoms with E-state index in [2.05, 4.69) is 12.6 Å². The van der Waals surface area contributed by atoms with Gasteiger partial charge in [0.15, 0.2) is 0 Å². The molecule has 0 radical (unpaired) electrons. The third kappa shape index (κ3) is 9.83. The molecule has 0 amide bonds. The fraction of sp³-hybridized carbons (Fsp3) is 0.889. The molecule has 0 fully saturated rings. The standard InChI is InChI=1S/C5H12O2S.C4H8O2/c1-4(8)5(2,7)3-6;1-2-3-4(5)6/h4,6-8H,3H2,1-2H3;2-3H2,1H3,(H,5,6). The summed E-state index contributed by atoms with van der Waals surface area (Å²) in [6.07, 6.45) is 1.02. The predicted octanol–water partition coefficient (Wildman–Crippen LogP) is 0.919. The Morgan fingerprint density at radius 3 is 2.00 bits per heavy atom. The SMILES string of the molecule is CC(S)C(C)(O)CO.CCCC(=O)O. The molecule has 0 aromatic carbocycles. The van der Waals surface area contributed by atoms with E-state index in [1.807, 2.05) is 6.92 Å². The maximum absolute atomic E-state index is 9.60. The Bertz CT molecular complexity index is 157. The second-order valence-corrected chi connectivity index (χ2v) is 4.11. The highest BCUT2D eigenvalue weighted by Crippen LogP contribution is 2.12. The lowest BCUT2D eigenvalue weighted by atomic mass is 10.1. The normalized spacial score (nSPS) is 16.1. The molecule has 2 unspecified atom stereocenters. The van der Waals surface area contributed by atoms with Crippen LogP contribution in [0.25, 0.3) is 0 Å². The number of carbonyl (C=O) groups is 1. The Balaban J connectivity index is 0. The highest BCUT2D eigenvalue weighted by molar-refractivity contribution is 7.81. The number of thiol groups is 1. The number of carboxylic acid groups (broad SMARTS) is 1. The average molecular weight is 224 g/mol. The van der Waals surface area contributed by atoms with Gasteiger partial charge >= 0.3 is 5.97 Å². The predicted molar refractivity (Wildman–Crippen MR) is 58.7 cm³/mol. The maximum atomic E-state index is 9.60. The fourth-order valence-electron chi connectivity index (χ4n) is 0.346. The first-order chi connectivity index (χ1) is 6.27. The van der Waals surface area contributed by atoms with Gasteiger partial charge in [-0.2, -0.15) is 12.6 Å². The van der Waals surface area contributed by atoms with Gasteiger partial charge in [-0.15, -0.1) is 0 Å². The lowest BCUT2D eigenvalue weighted by molar-refractivity contribution is -0.137. The van der Waals surface area contributed by atoms with Gasteiger partial charge in [0.05, 0.1) is 12.2 Å². The molecule has 0 aromatic rings. The van der Waals surface area contributed by atoms with Gasteiger partial charge in [0.2, 0.25) is 0 Å². The molecule has 0 aliphatic heterocycles. The first-order valence-electron chi connectivity index (χ1n) is 4.51. The van der Waals surface area contributed by atoms with Crippen molar-refractivity contribution >= 4 is 18.6 Å². The van der Waals surface area contributed by atoms with Crippen molar-refractivity contribution in [1.29, 1.82) is 0 Å². The van der Waals surface area contributed by atoms with Crippen LogP contribution < -0.4 is 0 Å². The van der Waals surface area contributed by atoms with Gasteiger partial charge in [0.1, 0.15) is 0 Å². The van der Waals surface area contributed by atoms with Crippen LogP contribution in [0.3, 0.4) is 0 Å². The van der Waals surface area contributed by atoms with E-state index in [1.54, 1.807) is 13.8 Å². The number of carboxylic acids is 1. The summed E-state index contributed by atoms with van der Waals surface area (Å²) in [7, 11) is 0. The van der Waals surface area contributed by atoms with E-state index in [-0.39, 0.29) is 11.9 Å². The second-order valence-electron chi connectivity index (χ2n) is 3.33. The number of rotatable bonds is 4. The van der Waals surface area contributed by atoms with Crippen molar-refractivity contribution in [3.8, 4) is 0 Å². The molecule has 4 nitrogen and oxygen atoms in total. The first kappa shape index (κ1) is 16.2. The van der Waals surface area contributed by atoms with Crippen LogP contribution in [0.1, 0.15) is 33.6 Å². The lowest BCUT2D eigenvalue weighted by Crippen LogP contribution is -2.37. The van der Waals surface area contributed by atoms with Crippen molar-refractivity contribution in [3.63, 3.8) is 0 Å². The number of aliphatic hydroxyl groups is 2. The van der Waals surface area contributed by atoms with Crippen molar-refractivity contribution in [2.75, 3.05) is 6.61 Å². The Kier molecular flexibility index (Phi) is 9.34. The van der Waals surface area contributed by atoms with E-state index in [0.717, 1.165) is 6.42 Å². The minimum Gasteiger partial charge on any atom is -0.481 e. The fourth-order valence-corrected chi connectivity index (χ4v) is 0.428. The summed E-state index contributed by atoms with van der Waals surface area (Å²) in [6, 6.07) is 0. The largest absolute Gasteiger partial charge is 0.481 e. The highest BCUT2D eigenvalue weighted by Gasteiger charge is 2.23. The van der Waals surface area contributed by atoms with Crippen molar-refractivity contribution in [2.24, 2.45) is 0 Å². The zero-order chi connectivity index (χ0) is 11.8. The molecule has 86 valence electrons. The summed E-state index contributed by atoms with van der Waals surface area (Å²) in [6.45, 7) is 4.88. The molecule has 0 spiro atoms. The molecule has 0 aliphatic rings. The lowest BCUT2D eigenvalue weighted by Gasteiger charge is -2.23. The van der Waals surface area contributed by atoms with Crippen molar-refractivity contribution in [1.82, 2.24) is 0 Å². The Labute approximate surface area is 90.4 Å². The van der Waals surface area contributed by atoms with Crippen LogP contribution in [-0.4, -0.2) is 38.7 Å². The van der Waals surface area contributed by atoms with E-state index < -0.39 is 11.6 Å². The zero-order valence-electron chi connectivity index (χ0n) is 8.90. The van der Waals surface area contributed by atoms with Crippen molar-refractivity contribution in [3.05, 3.63) is 0 Å². The van der Waals surface area contributed by atoms with Gasteiger partial charge in [0, 0.05) is 11.7 Å². The Morgan fingerprint density at radius 2 is 2.00 bits per heavy atom. The average Bonchev–Trinajstić information content (AvgIpc) is 2.05. The van der Waals surface area contributed by atoms with Crippen LogP contribution in [0.4, 0.5) is 0 Å². The number of aliphatic hydroxyl groups excluding tert-OH is 1. The summed E-state index contributed by atoms with van der Waals surface area (Å²) < 4.78 is 0. The summed E-state index contributed by atoms with van der Waals surface area (Å²) in [4.78, 5) is 9.60. The molecule has 0 heterocycles. The summed E-state index contributed by atoms with van der Waals surface area (Å²) in [5, 5.41) is 25.3. The van der Waals surface area contributed by atoms with Crippen LogP contribution in [0.15, 0.2) is 0 Å². The monoisotopic (exact) mass is 224 g/mol. The van der Waals surface area contributed by atoms with Crippen molar-refractivity contribution in [2.45, 2.75) is 44.5 Å². The molecule has 0 saturated carbocycles. The van der Waals surface area contributed by atoms with Gasteiger partial charge in [0.25, 0.3) is 0 Å². The van der Waals surface area contributed by atoms with Crippen LogP contribution >= 0.6 is 12.6 Å². The van der Waals surface area contributed by atoms with E-state index >= 15 is 0 Å². The molecule has 0 bridgehead atoms. The molecule has 0 aromatic heterocycles. The van der Waals surface area contributed by atoms with E-state index in [0.29, 0.717) is 6.42 Å². The first-order valence-corrected chi connectivity index (χ1v) is 5.02. The molecular weight excluding hydrogens is 204 g/mol. The molecule has 3 N–H and O–H groups in total. The topological polar surface area (TPSA) is 77.8 Å². The molecule has 2 atom stereocenters. The molecule has 5 heteroatoms. The van der Waals surface area contributed by atoms with Gasteiger partial charge in [-0.1, -0.05) is 13.8 Å². The van der Waals surface area contributed by atoms with Crippen molar-refractivity contribution < 1.29 is 20.1 Å². The molecular formula is C9H20O4S. The quantitative estimate of drug-likeness (QED) is 0.535. The highest BCUT2D eigenvalue weighted by atomic mass is 32.1. The van der Waals surface area contributed by atoms with Gasteiger partial charge in [-0.25, -0.2) is 0 Å². The third-order valence-corrected chi connectivity index (χ3v) is 2.24. The van der Waals surface area contributed by atoms with Gasteiger partial charge in [-0.05, 0) is 13.3 Å². The smallest absolute Gasteiger partial charge is 0.303 e.